The van der Waals surface area contributed by atoms with E-state index in [1.165, 1.54) is 48.6 Å². The lowest BCUT2D eigenvalue weighted by atomic mass is 10.1. The van der Waals surface area contributed by atoms with Crippen molar-refractivity contribution in [1.29, 1.82) is 0 Å². The van der Waals surface area contributed by atoms with Gasteiger partial charge in [0, 0.05) is 30.2 Å². The molecule has 2 heterocycles. The molecule has 0 saturated carbocycles. The zero-order chi connectivity index (χ0) is 19.4. The fraction of sp³-hybridized carbons (Fsp3) is 0.167. The summed E-state index contributed by atoms with van der Waals surface area (Å²) in [6, 6.07) is 8.35. The summed E-state index contributed by atoms with van der Waals surface area (Å²) in [6.45, 7) is -0.107. The van der Waals surface area contributed by atoms with Gasteiger partial charge in [-0.1, -0.05) is 6.07 Å². The summed E-state index contributed by atoms with van der Waals surface area (Å²) < 4.78 is 46.0. The summed E-state index contributed by atoms with van der Waals surface area (Å²) in [6.07, 6.45) is -0.0618. The third-order valence-corrected chi connectivity index (χ3v) is 3.78. The topological polar surface area (TPSA) is 69.0 Å². The number of hydrogen-bond acceptors (Lipinski definition) is 4. The van der Waals surface area contributed by atoms with Crippen molar-refractivity contribution in [3.8, 4) is 5.75 Å². The lowest BCUT2D eigenvalue weighted by molar-refractivity contribution is -0.138. The molecule has 1 N–H and O–H groups in total. The van der Waals surface area contributed by atoms with Gasteiger partial charge in [0.15, 0.2) is 5.82 Å². The van der Waals surface area contributed by atoms with E-state index in [4.69, 9.17) is 4.74 Å². The smallest absolute Gasteiger partial charge is 0.416 e. The Labute approximate surface area is 152 Å². The number of hydrogen-bond donors (Lipinski definition) is 1. The van der Waals surface area contributed by atoms with E-state index in [9.17, 15) is 18.0 Å². The van der Waals surface area contributed by atoms with Crippen molar-refractivity contribution in [2.24, 2.45) is 0 Å². The molecule has 6 nitrogen and oxygen atoms in total. The second kappa shape index (κ2) is 7.48. The van der Waals surface area contributed by atoms with Gasteiger partial charge in [0.25, 0.3) is 5.91 Å². The monoisotopic (exact) mass is 376 g/mol. The highest BCUT2D eigenvalue weighted by Gasteiger charge is 2.33. The van der Waals surface area contributed by atoms with Gasteiger partial charge in [0.05, 0.1) is 19.2 Å². The summed E-state index contributed by atoms with van der Waals surface area (Å²) in [7, 11) is 1.31. The minimum absolute atomic E-state index is 0.0402. The highest BCUT2D eigenvalue weighted by molar-refractivity contribution is 6.03. The molecule has 0 fully saturated rings. The number of alkyl halides is 3. The number of nitrogens with zero attached hydrogens (tertiary/aromatic N) is 3. The van der Waals surface area contributed by atoms with Crippen LogP contribution in [0.1, 0.15) is 21.5 Å². The molecule has 27 heavy (non-hydrogen) atoms. The van der Waals surface area contributed by atoms with Gasteiger partial charge < -0.3 is 10.1 Å². The van der Waals surface area contributed by atoms with Gasteiger partial charge in [-0.2, -0.15) is 18.3 Å². The van der Waals surface area contributed by atoms with Crippen molar-refractivity contribution in [2.75, 3.05) is 12.4 Å². The van der Waals surface area contributed by atoms with E-state index >= 15 is 0 Å². The lowest BCUT2D eigenvalue weighted by Gasteiger charge is -2.14. The number of methoxy groups -OCH3 is 1. The van der Waals surface area contributed by atoms with Crippen LogP contribution in [-0.2, 0) is 12.7 Å². The Bertz CT molecular complexity index is 939. The minimum atomic E-state index is -4.52. The maximum absolute atomic E-state index is 13.3. The molecule has 0 aliphatic carbocycles. The zero-order valence-corrected chi connectivity index (χ0v) is 14.2. The molecule has 0 spiro atoms. The van der Waals surface area contributed by atoms with Crippen LogP contribution in [0.25, 0.3) is 0 Å². The average Bonchev–Trinajstić information content (AvgIpc) is 3.08. The molecule has 0 unspecified atom stereocenters. The largest absolute Gasteiger partial charge is 0.497 e. The zero-order valence-electron chi connectivity index (χ0n) is 14.2. The summed E-state index contributed by atoms with van der Waals surface area (Å²) in [4.78, 5) is 15.9. The first-order chi connectivity index (χ1) is 12.9. The maximum Gasteiger partial charge on any atom is 0.416 e. The van der Waals surface area contributed by atoms with Crippen molar-refractivity contribution in [3.05, 3.63) is 71.7 Å². The molecule has 1 aromatic carbocycles. The summed E-state index contributed by atoms with van der Waals surface area (Å²) in [5, 5.41) is 6.69. The van der Waals surface area contributed by atoms with E-state index in [-0.39, 0.29) is 29.6 Å². The predicted octanol–water partition coefficient (Wildman–Crippen LogP) is 3.61. The number of aromatic nitrogens is 3. The molecule has 1 amide bonds. The number of halogens is 3. The number of ether oxygens (including phenoxy) is 1. The number of carbonyl (C=O) groups excluding carboxylic acids is 1. The van der Waals surface area contributed by atoms with Gasteiger partial charge in [-0.05, 0) is 29.8 Å². The second-order valence-electron chi connectivity index (χ2n) is 5.61. The van der Waals surface area contributed by atoms with Gasteiger partial charge in [-0.3, -0.25) is 14.5 Å². The Morgan fingerprint density at radius 2 is 1.93 bits per heavy atom. The molecule has 0 bridgehead atoms. The van der Waals surface area contributed by atoms with E-state index < -0.39 is 11.7 Å². The number of benzene rings is 1. The molecule has 0 saturated heterocycles. The van der Waals surface area contributed by atoms with E-state index in [0.29, 0.717) is 5.56 Å². The van der Waals surface area contributed by atoms with Crippen LogP contribution in [0.3, 0.4) is 0 Å². The van der Waals surface area contributed by atoms with Crippen LogP contribution in [0.15, 0.2) is 55.0 Å². The second-order valence-corrected chi connectivity index (χ2v) is 5.61. The summed E-state index contributed by atoms with van der Waals surface area (Å²) in [5.41, 5.74) is -0.354. The van der Waals surface area contributed by atoms with Crippen LogP contribution in [0.4, 0.5) is 19.0 Å². The molecule has 2 aromatic heterocycles. The van der Waals surface area contributed by atoms with Crippen molar-refractivity contribution in [2.45, 2.75) is 12.7 Å². The molecular weight excluding hydrogens is 361 g/mol. The van der Waals surface area contributed by atoms with Gasteiger partial charge in [0.2, 0.25) is 0 Å². The summed E-state index contributed by atoms with van der Waals surface area (Å²) >= 11 is 0. The predicted molar refractivity (Wildman–Crippen MR) is 91.5 cm³/mol. The van der Waals surface area contributed by atoms with Crippen LogP contribution in [0, 0.1) is 0 Å². The molecule has 3 rings (SSSR count). The Balaban J connectivity index is 1.77. The third kappa shape index (κ3) is 4.43. The Hall–Kier alpha value is -3.36. The van der Waals surface area contributed by atoms with Gasteiger partial charge in [-0.15, -0.1) is 0 Å². The van der Waals surface area contributed by atoms with E-state index in [1.807, 2.05) is 0 Å². The first kappa shape index (κ1) is 18.4. The van der Waals surface area contributed by atoms with Crippen LogP contribution >= 0.6 is 0 Å². The highest BCUT2D eigenvalue weighted by Crippen LogP contribution is 2.34. The van der Waals surface area contributed by atoms with E-state index in [1.54, 1.807) is 12.1 Å². The van der Waals surface area contributed by atoms with Crippen molar-refractivity contribution in [3.63, 3.8) is 0 Å². The number of carbonyl (C=O) groups is 1. The molecule has 140 valence electrons. The summed E-state index contributed by atoms with van der Waals surface area (Å²) in [5.74, 6) is -0.0289. The fourth-order valence-electron chi connectivity index (χ4n) is 2.47. The highest BCUT2D eigenvalue weighted by atomic mass is 19.4. The van der Waals surface area contributed by atoms with Crippen LogP contribution in [0.5, 0.6) is 5.75 Å². The fourth-order valence-corrected chi connectivity index (χ4v) is 2.47. The Kier molecular flexibility index (Phi) is 5.11. The molecule has 3 aromatic rings. The van der Waals surface area contributed by atoms with Gasteiger partial charge in [0.1, 0.15) is 5.75 Å². The number of amides is 1. The molecule has 0 atom stereocenters. The van der Waals surface area contributed by atoms with Gasteiger partial charge in [-0.25, -0.2) is 0 Å². The number of pyridine rings is 1. The molecule has 0 aliphatic rings. The SMILES string of the molecule is COc1ccc(Cn2ccc(NC(=O)c3ccncc3)n2)c(C(F)(F)F)c1. The normalized spacial score (nSPS) is 11.3. The first-order valence-electron chi connectivity index (χ1n) is 7.86. The Morgan fingerprint density at radius 1 is 1.19 bits per heavy atom. The molecule has 0 aliphatic heterocycles. The van der Waals surface area contributed by atoms with E-state index in [2.05, 4.69) is 15.4 Å². The van der Waals surface area contributed by atoms with Crippen molar-refractivity contribution in [1.82, 2.24) is 14.8 Å². The van der Waals surface area contributed by atoms with Crippen LogP contribution < -0.4 is 10.1 Å². The number of rotatable bonds is 5. The van der Waals surface area contributed by atoms with Crippen LogP contribution in [-0.4, -0.2) is 27.8 Å². The van der Waals surface area contributed by atoms with Crippen molar-refractivity contribution < 1.29 is 22.7 Å². The maximum atomic E-state index is 13.3. The lowest BCUT2D eigenvalue weighted by Crippen LogP contribution is -2.14. The average molecular weight is 376 g/mol. The van der Waals surface area contributed by atoms with Crippen LogP contribution in [0.2, 0.25) is 0 Å². The molecular formula is C18H15F3N4O2. The molecule has 0 radical (unpaired) electrons. The number of nitrogens with one attached hydrogen (secondary N) is 1. The first-order valence-corrected chi connectivity index (χ1v) is 7.86. The number of anilines is 1. The standard InChI is InChI=1S/C18H15F3N4O2/c1-27-14-3-2-13(15(10-14)18(19,20)21)11-25-9-6-16(24-25)23-17(26)12-4-7-22-8-5-12/h2-10H,11H2,1H3,(H,23,24,26). The van der Waals surface area contributed by atoms with Gasteiger partial charge >= 0.3 is 6.18 Å². The van der Waals surface area contributed by atoms with Crippen molar-refractivity contribution >= 4 is 11.7 Å². The minimum Gasteiger partial charge on any atom is -0.497 e. The molecule has 9 heteroatoms. The van der Waals surface area contributed by atoms with E-state index in [0.717, 1.165) is 6.07 Å². The third-order valence-electron chi connectivity index (χ3n) is 3.78. The quantitative estimate of drug-likeness (QED) is 0.739. The Morgan fingerprint density at radius 3 is 2.59 bits per heavy atom.